The lowest BCUT2D eigenvalue weighted by Gasteiger charge is -2.15. The van der Waals surface area contributed by atoms with Crippen molar-refractivity contribution in [3.8, 4) is 11.5 Å². The molecular weight excluding hydrogens is 338 g/mol. The first-order valence-corrected chi connectivity index (χ1v) is 7.48. The lowest BCUT2D eigenvalue weighted by molar-refractivity contribution is 0.256. The first-order chi connectivity index (χ1) is 10.1. The summed E-state index contributed by atoms with van der Waals surface area (Å²) < 4.78 is 16.9. The molecule has 2 aromatic rings. The predicted molar refractivity (Wildman–Crippen MR) is 81.3 cm³/mol. The van der Waals surface area contributed by atoms with Crippen LogP contribution in [0.3, 0.4) is 0 Å². The summed E-state index contributed by atoms with van der Waals surface area (Å²) in [6, 6.07) is 4.01. The number of hydrogen-bond donors (Lipinski definition) is 1. The van der Waals surface area contributed by atoms with E-state index >= 15 is 0 Å². The standard InChI is InChI=1S/C14H18BrN3O3/c1-3-19-12-6-10(4-9(2)16)5-11(15)14(12)20-7-13-17-8-21-18-13/h5-6,8-9H,3-4,7,16H2,1-2H3. The molecule has 1 atom stereocenters. The van der Waals surface area contributed by atoms with E-state index in [1.165, 1.54) is 6.39 Å². The highest BCUT2D eigenvalue weighted by atomic mass is 79.9. The van der Waals surface area contributed by atoms with Crippen molar-refractivity contribution in [2.75, 3.05) is 6.61 Å². The molecule has 1 aromatic heterocycles. The fourth-order valence-corrected chi connectivity index (χ4v) is 2.51. The third-order valence-corrected chi connectivity index (χ3v) is 3.27. The SMILES string of the molecule is CCOc1cc(CC(C)N)cc(Br)c1OCc1ncon1. The molecule has 0 saturated carbocycles. The van der Waals surface area contributed by atoms with Gasteiger partial charge in [-0.25, -0.2) is 0 Å². The van der Waals surface area contributed by atoms with Crippen LogP contribution in [0, 0.1) is 0 Å². The lowest BCUT2D eigenvalue weighted by Crippen LogP contribution is -2.17. The number of nitrogens with two attached hydrogens (primary N) is 1. The minimum atomic E-state index is 0.0810. The van der Waals surface area contributed by atoms with Gasteiger partial charge in [-0.2, -0.15) is 4.98 Å². The molecule has 0 aliphatic heterocycles. The second-order valence-corrected chi connectivity index (χ2v) is 5.51. The average Bonchev–Trinajstić information content (AvgIpc) is 2.90. The Kier molecular flexibility index (Phi) is 5.58. The van der Waals surface area contributed by atoms with Crippen molar-refractivity contribution < 1.29 is 14.0 Å². The van der Waals surface area contributed by atoms with Crippen LogP contribution in [0.5, 0.6) is 11.5 Å². The summed E-state index contributed by atoms with van der Waals surface area (Å²) in [5.74, 6) is 1.77. The highest BCUT2D eigenvalue weighted by Gasteiger charge is 2.14. The van der Waals surface area contributed by atoms with Gasteiger partial charge < -0.3 is 19.7 Å². The molecule has 0 spiro atoms. The van der Waals surface area contributed by atoms with Gasteiger partial charge in [0.05, 0.1) is 11.1 Å². The molecular formula is C14H18BrN3O3. The van der Waals surface area contributed by atoms with Crippen molar-refractivity contribution in [2.24, 2.45) is 5.73 Å². The first kappa shape index (κ1) is 15.8. The van der Waals surface area contributed by atoms with E-state index in [4.69, 9.17) is 15.2 Å². The van der Waals surface area contributed by atoms with Crippen molar-refractivity contribution in [1.82, 2.24) is 10.1 Å². The summed E-state index contributed by atoms with van der Waals surface area (Å²) in [6.07, 6.45) is 2.03. The summed E-state index contributed by atoms with van der Waals surface area (Å²) in [7, 11) is 0. The number of nitrogens with zero attached hydrogens (tertiary/aromatic N) is 2. The van der Waals surface area contributed by atoms with Gasteiger partial charge in [-0.3, -0.25) is 0 Å². The van der Waals surface area contributed by atoms with E-state index < -0.39 is 0 Å². The summed E-state index contributed by atoms with van der Waals surface area (Å²) in [5.41, 5.74) is 6.94. The number of aromatic nitrogens is 2. The molecule has 0 amide bonds. The third kappa shape index (κ3) is 4.44. The minimum Gasteiger partial charge on any atom is -0.490 e. The Balaban J connectivity index is 2.21. The van der Waals surface area contributed by atoms with Gasteiger partial charge in [-0.05, 0) is 53.9 Å². The van der Waals surface area contributed by atoms with E-state index in [1.54, 1.807) is 0 Å². The lowest BCUT2D eigenvalue weighted by atomic mass is 10.1. The molecule has 0 aliphatic carbocycles. The Morgan fingerprint density at radius 1 is 1.38 bits per heavy atom. The fraction of sp³-hybridized carbons (Fsp3) is 0.429. The van der Waals surface area contributed by atoms with Crippen molar-refractivity contribution in [3.63, 3.8) is 0 Å². The van der Waals surface area contributed by atoms with Gasteiger partial charge in [-0.15, -0.1) is 0 Å². The van der Waals surface area contributed by atoms with Gasteiger partial charge in [0.25, 0.3) is 0 Å². The van der Waals surface area contributed by atoms with Crippen LogP contribution in [0.2, 0.25) is 0 Å². The Morgan fingerprint density at radius 3 is 2.81 bits per heavy atom. The zero-order chi connectivity index (χ0) is 15.2. The molecule has 114 valence electrons. The normalized spacial score (nSPS) is 12.2. The Bertz CT molecular complexity index is 573. The van der Waals surface area contributed by atoms with Gasteiger partial charge in [0.2, 0.25) is 12.2 Å². The number of ether oxygens (including phenoxy) is 2. The maximum absolute atomic E-state index is 5.85. The molecule has 7 heteroatoms. The van der Waals surface area contributed by atoms with Crippen LogP contribution in [0.25, 0.3) is 0 Å². The minimum absolute atomic E-state index is 0.0810. The molecule has 0 fully saturated rings. The summed E-state index contributed by atoms with van der Waals surface area (Å²) in [6.45, 7) is 4.65. The quantitative estimate of drug-likeness (QED) is 0.821. The maximum atomic E-state index is 5.85. The number of benzene rings is 1. The van der Waals surface area contributed by atoms with E-state index in [2.05, 4.69) is 30.6 Å². The molecule has 0 bridgehead atoms. The zero-order valence-corrected chi connectivity index (χ0v) is 13.6. The molecule has 1 unspecified atom stereocenters. The van der Waals surface area contributed by atoms with E-state index in [0.717, 1.165) is 16.5 Å². The topological polar surface area (TPSA) is 83.4 Å². The first-order valence-electron chi connectivity index (χ1n) is 6.69. The van der Waals surface area contributed by atoms with Crippen molar-refractivity contribution >= 4 is 15.9 Å². The van der Waals surface area contributed by atoms with E-state index in [0.29, 0.717) is 23.9 Å². The highest BCUT2D eigenvalue weighted by Crippen LogP contribution is 2.37. The van der Waals surface area contributed by atoms with Gasteiger partial charge in [0.15, 0.2) is 18.1 Å². The van der Waals surface area contributed by atoms with Crippen molar-refractivity contribution in [1.29, 1.82) is 0 Å². The number of hydrogen-bond acceptors (Lipinski definition) is 6. The molecule has 0 saturated heterocycles. The Morgan fingerprint density at radius 2 is 2.19 bits per heavy atom. The largest absolute Gasteiger partial charge is 0.490 e. The van der Waals surface area contributed by atoms with Crippen LogP contribution in [-0.2, 0) is 13.0 Å². The molecule has 1 heterocycles. The molecule has 21 heavy (non-hydrogen) atoms. The van der Waals surface area contributed by atoms with Crippen LogP contribution >= 0.6 is 15.9 Å². The van der Waals surface area contributed by atoms with Crippen LogP contribution in [0.1, 0.15) is 25.2 Å². The maximum Gasteiger partial charge on any atom is 0.213 e. The number of rotatable bonds is 7. The third-order valence-electron chi connectivity index (χ3n) is 2.68. The highest BCUT2D eigenvalue weighted by molar-refractivity contribution is 9.10. The van der Waals surface area contributed by atoms with Gasteiger partial charge >= 0.3 is 0 Å². The van der Waals surface area contributed by atoms with Gasteiger partial charge in [-0.1, -0.05) is 5.16 Å². The fourth-order valence-electron chi connectivity index (χ4n) is 1.91. The summed E-state index contributed by atoms with van der Waals surface area (Å²) in [5, 5.41) is 3.71. The molecule has 2 rings (SSSR count). The van der Waals surface area contributed by atoms with Crippen LogP contribution in [-0.4, -0.2) is 22.8 Å². The average molecular weight is 356 g/mol. The van der Waals surface area contributed by atoms with Crippen molar-refractivity contribution in [3.05, 3.63) is 34.4 Å². The molecule has 2 N–H and O–H groups in total. The van der Waals surface area contributed by atoms with Gasteiger partial charge in [0.1, 0.15) is 0 Å². The molecule has 6 nitrogen and oxygen atoms in total. The second-order valence-electron chi connectivity index (χ2n) is 4.66. The Labute approximate surface area is 131 Å². The van der Waals surface area contributed by atoms with E-state index in [9.17, 15) is 0 Å². The number of halogens is 1. The van der Waals surface area contributed by atoms with Crippen LogP contribution in [0.15, 0.2) is 27.5 Å². The smallest absolute Gasteiger partial charge is 0.213 e. The monoisotopic (exact) mass is 355 g/mol. The summed E-state index contributed by atoms with van der Waals surface area (Å²) in [4.78, 5) is 3.92. The second kappa shape index (κ2) is 7.42. The van der Waals surface area contributed by atoms with Crippen LogP contribution in [0.4, 0.5) is 0 Å². The summed E-state index contributed by atoms with van der Waals surface area (Å²) >= 11 is 3.51. The van der Waals surface area contributed by atoms with Gasteiger partial charge in [0, 0.05) is 6.04 Å². The molecule has 0 radical (unpaired) electrons. The van der Waals surface area contributed by atoms with Crippen molar-refractivity contribution in [2.45, 2.75) is 32.9 Å². The predicted octanol–water partition coefficient (Wildman–Crippen LogP) is 2.70. The Hall–Kier alpha value is -1.60. The van der Waals surface area contributed by atoms with E-state index in [1.807, 2.05) is 26.0 Å². The molecule has 1 aromatic carbocycles. The van der Waals surface area contributed by atoms with Crippen LogP contribution < -0.4 is 15.2 Å². The van der Waals surface area contributed by atoms with E-state index in [-0.39, 0.29) is 12.6 Å². The zero-order valence-electron chi connectivity index (χ0n) is 12.0. The molecule has 0 aliphatic rings.